The van der Waals surface area contributed by atoms with E-state index in [4.69, 9.17) is 17.3 Å². The number of unbranched alkanes of at least 4 members (excludes halogenated alkanes) is 2. The number of aryl methyl sites for hydroxylation is 1. The number of aliphatic imine (C=N–C) groups is 1. The third-order valence-corrected chi connectivity index (χ3v) is 13.4. The Morgan fingerprint density at radius 3 is 2.38 bits per heavy atom. The molecule has 0 spiro atoms. The van der Waals surface area contributed by atoms with Crippen LogP contribution in [0.3, 0.4) is 0 Å². The minimum absolute atomic E-state index is 0.00648. The van der Waals surface area contributed by atoms with Crippen LogP contribution in [0.15, 0.2) is 69.8 Å². The summed E-state index contributed by atoms with van der Waals surface area (Å²) in [5.41, 5.74) is 8.52. The number of aliphatic carboxylic acids is 1. The van der Waals surface area contributed by atoms with Gasteiger partial charge >= 0.3 is 5.97 Å². The van der Waals surface area contributed by atoms with E-state index < -0.39 is 41.7 Å². The zero-order valence-corrected chi connectivity index (χ0v) is 41.3. The van der Waals surface area contributed by atoms with Crippen LogP contribution in [0.5, 0.6) is 0 Å². The number of thiophene rings is 1. The number of fused-ring (bicyclic) bond motifs is 1. The Morgan fingerprint density at radius 1 is 0.915 bits per heavy atom. The molecule has 4 aromatic rings. The number of carbonyl (C=O) groups excluding carboxylic acids is 7. The molecule has 0 bridgehead atoms. The Hall–Kier alpha value is -7.26. The normalized spacial score (nSPS) is 14.4. The molecular formula is C49H56ClN11O9S. The van der Waals surface area contributed by atoms with Gasteiger partial charge in [-0.3, -0.25) is 38.5 Å². The van der Waals surface area contributed by atoms with Crippen LogP contribution in [0, 0.1) is 18.8 Å². The molecule has 0 fully saturated rings. The standard InChI is InChI=1S/C49H56ClN11O9S/c1-26(2)33(23-31(62)9-6-5-7-20-61-40(64)17-18-41(61)65)47(67)56-27(3)37(63)22-29-11-13-32(34(21-29)45-54-25-55-60-45)46(66)52-19-8-10-36(49(69)70)59-48(68)38-15-16-39(71-38)53-24-30-12-14-35-42(43(30)50)44(51)58-28(4)57-35/h11-18,21,26-27,33,36,53H,5-10,19-20,22-25H2,1-4H3,(H,52,66)(H,56,67)(H,59,68)(H,69,70)(H2,51,57,58)/t27-,33-,36-/m0/s1. The maximum absolute atomic E-state index is 13.5. The van der Waals surface area contributed by atoms with Crippen LogP contribution >= 0.6 is 22.9 Å². The Bertz CT molecular complexity index is 2810. The number of aromatic nitrogens is 2. The zero-order valence-electron chi connectivity index (χ0n) is 39.8. The summed E-state index contributed by atoms with van der Waals surface area (Å²) in [6.45, 7) is 7.69. The summed E-state index contributed by atoms with van der Waals surface area (Å²) in [7, 11) is 0. The van der Waals surface area contributed by atoms with E-state index in [1.807, 2.05) is 19.9 Å². The van der Waals surface area contributed by atoms with Crippen LogP contribution in [0.2, 0.25) is 5.02 Å². The van der Waals surface area contributed by atoms with Gasteiger partial charge in [-0.05, 0) is 86.9 Å². The van der Waals surface area contributed by atoms with Gasteiger partial charge in [0.05, 0.1) is 37.4 Å². The van der Waals surface area contributed by atoms with E-state index in [9.17, 15) is 43.5 Å². The number of benzene rings is 2. The number of nitrogens with two attached hydrogens (primary N) is 1. The molecule has 374 valence electrons. The molecule has 5 amide bonds. The number of nitrogen functional groups attached to an aromatic ring is 1. The quantitative estimate of drug-likeness (QED) is 0.0323. The lowest BCUT2D eigenvalue weighted by molar-refractivity contribution is -0.139. The SMILES string of the molecule is Cc1nc(N)c2c(Cl)c(CNc3ccc(C(=O)N[C@@H](CCCNC(=O)c4ccc(CC(=O)[C@H](C)NC(=O)[C@@H](CC(=O)CCCCCN5C(=O)C=CC5=O)C(C)C)cc4C4=NCN=N4)C(=O)O)s3)ccc2n1. The number of imide groups is 1. The van der Waals surface area contributed by atoms with Gasteiger partial charge in [-0.15, -0.1) is 16.5 Å². The van der Waals surface area contributed by atoms with Gasteiger partial charge in [0.15, 0.2) is 18.3 Å². The van der Waals surface area contributed by atoms with Gasteiger partial charge in [0.25, 0.3) is 23.6 Å². The highest BCUT2D eigenvalue weighted by atomic mass is 35.5. The van der Waals surface area contributed by atoms with Crippen LogP contribution in [0.4, 0.5) is 10.8 Å². The highest BCUT2D eigenvalue weighted by molar-refractivity contribution is 7.17. The van der Waals surface area contributed by atoms with Crippen LogP contribution < -0.4 is 27.0 Å². The lowest BCUT2D eigenvalue weighted by Crippen LogP contribution is -2.44. The molecule has 0 unspecified atom stereocenters. The fourth-order valence-electron chi connectivity index (χ4n) is 7.95. The topological polar surface area (TPSA) is 297 Å². The number of anilines is 2. The molecule has 3 atom stereocenters. The number of amides is 5. The summed E-state index contributed by atoms with van der Waals surface area (Å²) in [4.78, 5) is 116. The fourth-order valence-corrected chi connectivity index (χ4v) is 9.07. The molecule has 71 heavy (non-hydrogen) atoms. The van der Waals surface area contributed by atoms with Gasteiger partial charge in [-0.2, -0.15) is 5.11 Å². The van der Waals surface area contributed by atoms with Crippen molar-refractivity contribution in [2.24, 2.45) is 27.1 Å². The number of hydrogen-bond donors (Lipinski definition) is 6. The zero-order chi connectivity index (χ0) is 51.4. The third-order valence-electron chi connectivity index (χ3n) is 11.9. The maximum Gasteiger partial charge on any atom is 0.326 e. The van der Waals surface area contributed by atoms with Crippen molar-refractivity contribution in [3.8, 4) is 0 Å². The second-order valence-corrected chi connectivity index (χ2v) is 19.0. The summed E-state index contributed by atoms with van der Waals surface area (Å²) < 4.78 is 0. The van der Waals surface area contributed by atoms with E-state index in [0.717, 1.165) is 21.8 Å². The highest BCUT2D eigenvalue weighted by Gasteiger charge is 2.29. The Balaban J connectivity index is 0.960. The van der Waals surface area contributed by atoms with Gasteiger partial charge < -0.3 is 32.1 Å². The molecule has 0 radical (unpaired) electrons. The number of carboxylic acid groups (broad SMARTS) is 1. The molecule has 2 aromatic heterocycles. The van der Waals surface area contributed by atoms with Gasteiger partial charge in [0.2, 0.25) is 5.91 Å². The van der Waals surface area contributed by atoms with E-state index in [1.54, 1.807) is 44.2 Å². The first-order valence-electron chi connectivity index (χ1n) is 23.2. The predicted octanol–water partition coefficient (Wildman–Crippen LogP) is 5.74. The molecule has 2 aliphatic rings. The van der Waals surface area contributed by atoms with Crippen molar-refractivity contribution in [1.29, 1.82) is 0 Å². The van der Waals surface area contributed by atoms with Crippen molar-refractivity contribution in [1.82, 2.24) is 30.8 Å². The Kier molecular flexibility index (Phi) is 18.3. The maximum atomic E-state index is 13.5. The van der Waals surface area contributed by atoms with Gasteiger partial charge in [0, 0.05) is 62.5 Å². The Labute approximate surface area is 418 Å². The van der Waals surface area contributed by atoms with Crippen LogP contribution in [-0.2, 0) is 41.7 Å². The summed E-state index contributed by atoms with van der Waals surface area (Å²) in [6, 6.07) is 9.53. The van der Waals surface area contributed by atoms with Crippen LogP contribution in [-0.4, -0.2) is 105 Å². The second-order valence-electron chi connectivity index (χ2n) is 17.6. The van der Waals surface area contributed by atoms with Crippen molar-refractivity contribution in [3.05, 3.63) is 92.6 Å². The number of azo groups is 1. The number of nitrogens with zero attached hydrogens (tertiary/aromatic N) is 6. The predicted molar refractivity (Wildman–Crippen MR) is 267 cm³/mol. The average molecular weight is 1010 g/mol. The van der Waals surface area contributed by atoms with Gasteiger partial charge in [0.1, 0.15) is 23.5 Å². The fraction of sp³-hybridized carbons (Fsp3) is 0.408. The van der Waals surface area contributed by atoms with E-state index >= 15 is 0 Å². The molecule has 6 rings (SSSR count). The lowest BCUT2D eigenvalue weighted by Gasteiger charge is -2.22. The smallest absolute Gasteiger partial charge is 0.326 e. The molecule has 2 aliphatic heterocycles. The summed E-state index contributed by atoms with van der Waals surface area (Å²) >= 11 is 7.78. The van der Waals surface area contributed by atoms with E-state index in [2.05, 4.69) is 46.5 Å². The molecule has 22 heteroatoms. The average Bonchev–Trinajstić information content (AvgIpc) is 4.11. The molecule has 0 saturated carbocycles. The van der Waals surface area contributed by atoms with Crippen LogP contribution in [0.1, 0.15) is 108 Å². The van der Waals surface area contributed by atoms with Crippen LogP contribution in [0.25, 0.3) is 10.9 Å². The first-order valence-corrected chi connectivity index (χ1v) is 24.4. The lowest BCUT2D eigenvalue weighted by atomic mass is 9.88. The van der Waals surface area contributed by atoms with E-state index in [1.165, 1.54) is 18.2 Å². The Morgan fingerprint density at radius 2 is 1.68 bits per heavy atom. The second kappa shape index (κ2) is 24.5. The minimum Gasteiger partial charge on any atom is -0.480 e. The number of hydrogen-bond acceptors (Lipinski definition) is 16. The molecule has 4 heterocycles. The number of carboxylic acids is 1. The number of ketones is 2. The number of amidine groups is 1. The molecule has 0 saturated heterocycles. The first-order chi connectivity index (χ1) is 33.9. The number of Topliss-reactive ketones (excluding diaryl/α,β-unsaturated/α-hetero) is 2. The van der Waals surface area contributed by atoms with Crippen molar-refractivity contribution in [2.45, 2.75) is 97.7 Å². The van der Waals surface area contributed by atoms with Crippen molar-refractivity contribution >= 4 is 97.6 Å². The molecule has 2 aromatic carbocycles. The highest BCUT2D eigenvalue weighted by Crippen LogP contribution is 2.31. The first kappa shape index (κ1) is 53.1. The summed E-state index contributed by atoms with van der Waals surface area (Å²) in [6.07, 6.45) is 4.57. The van der Waals surface area contributed by atoms with Gasteiger partial charge in [-0.1, -0.05) is 44.0 Å². The third kappa shape index (κ3) is 14.2. The van der Waals surface area contributed by atoms with Crippen molar-refractivity contribution in [2.75, 3.05) is 30.8 Å². The van der Waals surface area contributed by atoms with Crippen molar-refractivity contribution < 1.29 is 43.5 Å². The largest absolute Gasteiger partial charge is 0.480 e. The van der Waals surface area contributed by atoms with E-state index in [-0.39, 0.29) is 103 Å². The number of rotatable bonds is 26. The van der Waals surface area contributed by atoms with Gasteiger partial charge in [-0.25, -0.2) is 19.8 Å². The molecule has 20 nitrogen and oxygen atoms in total. The van der Waals surface area contributed by atoms with Crippen molar-refractivity contribution in [3.63, 3.8) is 0 Å². The summed E-state index contributed by atoms with van der Waals surface area (Å²) in [5.74, 6) is -3.68. The molecular weight excluding hydrogens is 954 g/mol. The number of nitrogens with one attached hydrogen (secondary N) is 4. The molecule has 7 N–H and O–H groups in total. The number of halogens is 1. The molecule has 0 aliphatic carbocycles. The van der Waals surface area contributed by atoms with E-state index in [0.29, 0.717) is 63.7 Å². The summed E-state index contributed by atoms with van der Waals surface area (Å²) in [5, 5.41) is 30.9. The number of carbonyl (C=O) groups is 8. The minimum atomic E-state index is -1.24. The monoisotopic (exact) mass is 1010 g/mol.